The molecule has 1 aliphatic heterocycles. The number of furan rings is 1. The number of carbonyl (C=O) groups excluding carboxylic acids is 2. The fourth-order valence-corrected chi connectivity index (χ4v) is 1.84. The standard InChI is InChI=1S/C13H16N2O3/c16-12(7-6-10-4-3-9-18-10)15-11-5-1-2-8-14-13(11)17/h3-4,6-7,9,11H,1-2,5,8H2,(H,14,17)(H,15,16)/b7-6+. The van der Waals surface area contributed by atoms with E-state index in [0.717, 1.165) is 12.8 Å². The molecule has 5 nitrogen and oxygen atoms in total. The van der Waals surface area contributed by atoms with E-state index in [1.54, 1.807) is 18.2 Å². The lowest BCUT2D eigenvalue weighted by Gasteiger charge is -2.13. The Morgan fingerprint density at radius 3 is 3.17 bits per heavy atom. The normalized spacial score (nSPS) is 20.4. The minimum atomic E-state index is -0.429. The molecule has 0 saturated carbocycles. The molecule has 5 heteroatoms. The second-order valence-corrected chi connectivity index (χ2v) is 4.20. The summed E-state index contributed by atoms with van der Waals surface area (Å²) in [6.45, 7) is 0.688. The molecule has 1 atom stereocenters. The van der Waals surface area contributed by atoms with Crippen LogP contribution in [0.25, 0.3) is 6.08 Å². The lowest BCUT2D eigenvalue weighted by atomic mass is 10.1. The third kappa shape index (κ3) is 3.48. The van der Waals surface area contributed by atoms with Gasteiger partial charge in [-0.15, -0.1) is 0 Å². The molecule has 1 aliphatic rings. The molecular formula is C13H16N2O3. The van der Waals surface area contributed by atoms with Crippen LogP contribution in [0, 0.1) is 0 Å². The van der Waals surface area contributed by atoms with Crippen LogP contribution in [0.5, 0.6) is 0 Å². The Labute approximate surface area is 105 Å². The quantitative estimate of drug-likeness (QED) is 0.786. The van der Waals surface area contributed by atoms with Crippen molar-refractivity contribution in [3.63, 3.8) is 0 Å². The molecule has 2 rings (SSSR count). The van der Waals surface area contributed by atoms with Gasteiger partial charge in [-0.25, -0.2) is 0 Å². The zero-order chi connectivity index (χ0) is 12.8. The van der Waals surface area contributed by atoms with Crippen molar-refractivity contribution in [2.45, 2.75) is 25.3 Å². The van der Waals surface area contributed by atoms with Crippen LogP contribution in [-0.2, 0) is 9.59 Å². The molecule has 0 bridgehead atoms. The van der Waals surface area contributed by atoms with Crippen molar-refractivity contribution >= 4 is 17.9 Å². The molecule has 1 fully saturated rings. The molecule has 1 saturated heterocycles. The maximum atomic E-state index is 11.6. The zero-order valence-electron chi connectivity index (χ0n) is 10.0. The molecule has 2 amide bonds. The Hall–Kier alpha value is -2.04. The van der Waals surface area contributed by atoms with Crippen molar-refractivity contribution in [3.05, 3.63) is 30.2 Å². The highest BCUT2D eigenvalue weighted by atomic mass is 16.3. The number of hydrogen-bond donors (Lipinski definition) is 2. The average molecular weight is 248 g/mol. The van der Waals surface area contributed by atoms with Crippen LogP contribution in [0.1, 0.15) is 25.0 Å². The van der Waals surface area contributed by atoms with Gasteiger partial charge in [0.05, 0.1) is 6.26 Å². The van der Waals surface area contributed by atoms with E-state index in [4.69, 9.17) is 4.42 Å². The summed E-state index contributed by atoms with van der Waals surface area (Å²) in [5.41, 5.74) is 0. The minimum absolute atomic E-state index is 0.104. The van der Waals surface area contributed by atoms with E-state index in [-0.39, 0.29) is 11.8 Å². The van der Waals surface area contributed by atoms with Crippen LogP contribution in [0.15, 0.2) is 28.9 Å². The van der Waals surface area contributed by atoms with E-state index >= 15 is 0 Å². The number of rotatable bonds is 3. The summed E-state index contributed by atoms with van der Waals surface area (Å²) in [5, 5.41) is 5.46. The Balaban J connectivity index is 1.88. The fourth-order valence-electron chi connectivity index (χ4n) is 1.84. The first-order valence-corrected chi connectivity index (χ1v) is 6.05. The average Bonchev–Trinajstić information content (AvgIpc) is 2.80. The number of nitrogens with one attached hydrogen (secondary N) is 2. The first-order chi connectivity index (χ1) is 8.75. The molecule has 2 N–H and O–H groups in total. The molecule has 1 aromatic rings. The summed E-state index contributed by atoms with van der Waals surface area (Å²) < 4.78 is 5.07. The molecule has 96 valence electrons. The third-order valence-electron chi connectivity index (χ3n) is 2.79. The van der Waals surface area contributed by atoms with Crippen LogP contribution in [0.2, 0.25) is 0 Å². The van der Waals surface area contributed by atoms with Gasteiger partial charge in [0, 0.05) is 12.6 Å². The lowest BCUT2D eigenvalue weighted by molar-refractivity contribution is -0.126. The van der Waals surface area contributed by atoms with Crippen LogP contribution in [0.4, 0.5) is 0 Å². The van der Waals surface area contributed by atoms with Crippen molar-refractivity contribution in [1.29, 1.82) is 0 Å². The maximum absolute atomic E-state index is 11.6. The van der Waals surface area contributed by atoms with Gasteiger partial charge < -0.3 is 15.1 Å². The first kappa shape index (κ1) is 12.4. The third-order valence-corrected chi connectivity index (χ3v) is 2.79. The van der Waals surface area contributed by atoms with Crippen molar-refractivity contribution in [1.82, 2.24) is 10.6 Å². The van der Waals surface area contributed by atoms with Gasteiger partial charge in [0.2, 0.25) is 11.8 Å². The minimum Gasteiger partial charge on any atom is -0.465 e. The van der Waals surface area contributed by atoms with E-state index in [9.17, 15) is 9.59 Å². The summed E-state index contributed by atoms with van der Waals surface area (Å²) >= 11 is 0. The number of amides is 2. The van der Waals surface area contributed by atoms with E-state index < -0.39 is 6.04 Å². The Kier molecular flexibility index (Phi) is 4.17. The molecule has 1 unspecified atom stereocenters. The summed E-state index contributed by atoms with van der Waals surface area (Å²) in [6, 6.07) is 3.07. The summed E-state index contributed by atoms with van der Waals surface area (Å²) in [4.78, 5) is 23.3. The monoisotopic (exact) mass is 248 g/mol. The van der Waals surface area contributed by atoms with Crippen molar-refractivity contribution in [2.75, 3.05) is 6.54 Å². The van der Waals surface area contributed by atoms with Gasteiger partial charge in [-0.2, -0.15) is 0 Å². The first-order valence-electron chi connectivity index (χ1n) is 6.05. The predicted octanol–water partition coefficient (Wildman–Crippen LogP) is 1.08. The lowest BCUT2D eigenvalue weighted by Crippen LogP contribution is -2.44. The van der Waals surface area contributed by atoms with Crippen LogP contribution >= 0.6 is 0 Å². The van der Waals surface area contributed by atoms with Gasteiger partial charge in [-0.3, -0.25) is 9.59 Å². The molecule has 18 heavy (non-hydrogen) atoms. The zero-order valence-corrected chi connectivity index (χ0v) is 10.0. The molecule has 2 heterocycles. The molecule has 0 radical (unpaired) electrons. The summed E-state index contributed by atoms with van der Waals surface area (Å²) in [5.74, 6) is 0.219. The van der Waals surface area contributed by atoms with Gasteiger partial charge in [-0.1, -0.05) is 0 Å². The topological polar surface area (TPSA) is 71.3 Å². The fraction of sp³-hybridized carbons (Fsp3) is 0.385. The predicted molar refractivity (Wildman–Crippen MR) is 66.5 cm³/mol. The van der Waals surface area contributed by atoms with E-state index in [2.05, 4.69) is 10.6 Å². The van der Waals surface area contributed by atoms with E-state index in [1.165, 1.54) is 12.3 Å². The second kappa shape index (κ2) is 6.05. The summed E-state index contributed by atoms with van der Waals surface area (Å²) in [7, 11) is 0. The highest BCUT2D eigenvalue weighted by molar-refractivity contribution is 5.95. The molecule has 0 spiro atoms. The van der Waals surface area contributed by atoms with Gasteiger partial charge in [0.1, 0.15) is 11.8 Å². The number of hydrogen-bond acceptors (Lipinski definition) is 3. The van der Waals surface area contributed by atoms with Gasteiger partial charge in [-0.05, 0) is 37.5 Å². The van der Waals surface area contributed by atoms with Crippen LogP contribution in [0.3, 0.4) is 0 Å². The summed E-state index contributed by atoms with van der Waals surface area (Å²) in [6.07, 6.45) is 7.06. The van der Waals surface area contributed by atoms with Crippen molar-refractivity contribution in [2.24, 2.45) is 0 Å². The largest absolute Gasteiger partial charge is 0.465 e. The number of carbonyl (C=O) groups is 2. The maximum Gasteiger partial charge on any atom is 0.244 e. The van der Waals surface area contributed by atoms with E-state index in [0.29, 0.717) is 18.7 Å². The Morgan fingerprint density at radius 2 is 2.39 bits per heavy atom. The smallest absolute Gasteiger partial charge is 0.244 e. The Bertz CT molecular complexity index is 437. The van der Waals surface area contributed by atoms with Crippen molar-refractivity contribution < 1.29 is 14.0 Å². The van der Waals surface area contributed by atoms with Crippen LogP contribution < -0.4 is 10.6 Å². The SMILES string of the molecule is O=C(/C=C/c1ccco1)NC1CCCCNC1=O. The Morgan fingerprint density at radius 1 is 1.50 bits per heavy atom. The van der Waals surface area contributed by atoms with E-state index in [1.807, 2.05) is 0 Å². The highest BCUT2D eigenvalue weighted by Crippen LogP contribution is 2.06. The van der Waals surface area contributed by atoms with Crippen LogP contribution in [-0.4, -0.2) is 24.4 Å². The molecule has 0 aliphatic carbocycles. The van der Waals surface area contributed by atoms with Gasteiger partial charge in [0.15, 0.2) is 0 Å². The van der Waals surface area contributed by atoms with Crippen molar-refractivity contribution in [3.8, 4) is 0 Å². The highest BCUT2D eigenvalue weighted by Gasteiger charge is 2.21. The van der Waals surface area contributed by atoms with Gasteiger partial charge >= 0.3 is 0 Å². The van der Waals surface area contributed by atoms with Gasteiger partial charge in [0.25, 0.3) is 0 Å². The molecule has 1 aromatic heterocycles. The molecule has 0 aromatic carbocycles. The molecular weight excluding hydrogens is 232 g/mol. The second-order valence-electron chi connectivity index (χ2n) is 4.20.